The number of hydrogen-bond donors (Lipinski definition) is 1. The van der Waals surface area contributed by atoms with E-state index in [2.05, 4.69) is 41.3 Å². The molecule has 0 aliphatic rings. The van der Waals surface area contributed by atoms with Crippen LogP contribution in [0.1, 0.15) is 15.9 Å². The summed E-state index contributed by atoms with van der Waals surface area (Å²) in [5.41, 5.74) is 2.30. The third-order valence-electron chi connectivity index (χ3n) is 3.94. The molecule has 0 fully saturated rings. The van der Waals surface area contributed by atoms with Gasteiger partial charge in [-0.15, -0.1) is 5.10 Å². The van der Waals surface area contributed by atoms with Crippen molar-refractivity contribution in [3.05, 3.63) is 88.9 Å². The Bertz CT molecular complexity index is 1100. The van der Waals surface area contributed by atoms with E-state index >= 15 is 0 Å². The van der Waals surface area contributed by atoms with Crippen LogP contribution in [0.3, 0.4) is 0 Å². The monoisotopic (exact) mass is 434 g/mol. The largest absolute Gasteiger partial charge is 0.289 e. The van der Waals surface area contributed by atoms with Crippen LogP contribution in [0.15, 0.2) is 77.8 Å². The smallest absolute Gasteiger partial charge is 0.261 e. The number of benzene rings is 2. The maximum absolute atomic E-state index is 12.4. The lowest BCUT2D eigenvalue weighted by atomic mass is 10.2. The SMILES string of the molecule is O=C(Nc1ncn(Cc2cccc(Br)c2)n1)c1cnc(-c2ccccc2)nc1. The van der Waals surface area contributed by atoms with Crippen LogP contribution >= 0.6 is 15.9 Å². The Labute approximate surface area is 169 Å². The number of aromatic nitrogens is 5. The lowest BCUT2D eigenvalue weighted by Gasteiger charge is -2.03. The van der Waals surface area contributed by atoms with Crippen LogP contribution in [0.5, 0.6) is 0 Å². The summed E-state index contributed by atoms with van der Waals surface area (Å²) in [6.45, 7) is 0.553. The van der Waals surface area contributed by atoms with Gasteiger partial charge in [0.1, 0.15) is 6.33 Å². The third-order valence-corrected chi connectivity index (χ3v) is 4.43. The van der Waals surface area contributed by atoms with Crippen molar-refractivity contribution in [1.29, 1.82) is 0 Å². The molecule has 2 aromatic heterocycles. The molecule has 0 saturated heterocycles. The van der Waals surface area contributed by atoms with E-state index < -0.39 is 0 Å². The summed E-state index contributed by atoms with van der Waals surface area (Å²) in [4.78, 5) is 25.0. The Morgan fingerprint density at radius 1 is 1.00 bits per heavy atom. The Morgan fingerprint density at radius 3 is 2.54 bits per heavy atom. The Kier molecular flexibility index (Phi) is 5.20. The molecule has 1 amide bonds. The molecule has 2 aromatic carbocycles. The van der Waals surface area contributed by atoms with Crippen molar-refractivity contribution in [2.75, 3.05) is 5.32 Å². The van der Waals surface area contributed by atoms with Gasteiger partial charge in [0.2, 0.25) is 5.95 Å². The molecule has 4 aromatic rings. The lowest BCUT2D eigenvalue weighted by molar-refractivity contribution is 0.102. The second-order valence-corrected chi connectivity index (χ2v) is 6.93. The highest BCUT2D eigenvalue weighted by Crippen LogP contribution is 2.14. The zero-order valence-electron chi connectivity index (χ0n) is 14.7. The Hall–Kier alpha value is -3.39. The van der Waals surface area contributed by atoms with Gasteiger partial charge in [-0.1, -0.05) is 58.4 Å². The maximum Gasteiger partial charge on any atom is 0.261 e. The fourth-order valence-corrected chi connectivity index (χ4v) is 3.05. The highest BCUT2D eigenvalue weighted by atomic mass is 79.9. The molecular formula is C20H15BrN6O. The molecule has 0 radical (unpaired) electrons. The molecule has 0 aliphatic carbocycles. The number of halogens is 1. The van der Waals surface area contributed by atoms with Crippen molar-refractivity contribution in [3.8, 4) is 11.4 Å². The van der Waals surface area contributed by atoms with Crippen LogP contribution in [0.4, 0.5) is 5.95 Å². The minimum Gasteiger partial charge on any atom is -0.289 e. The van der Waals surface area contributed by atoms with Gasteiger partial charge in [-0.2, -0.15) is 0 Å². The van der Waals surface area contributed by atoms with Crippen LogP contribution in [0.25, 0.3) is 11.4 Å². The molecule has 0 bridgehead atoms. The summed E-state index contributed by atoms with van der Waals surface area (Å²) in [6.07, 6.45) is 4.55. The van der Waals surface area contributed by atoms with Crippen molar-refractivity contribution in [2.24, 2.45) is 0 Å². The number of amides is 1. The average Bonchev–Trinajstić information content (AvgIpc) is 3.15. The minimum absolute atomic E-state index is 0.229. The van der Waals surface area contributed by atoms with E-state index in [-0.39, 0.29) is 11.9 Å². The number of rotatable bonds is 5. The molecule has 0 aliphatic heterocycles. The second-order valence-electron chi connectivity index (χ2n) is 6.01. The third kappa shape index (κ3) is 4.29. The van der Waals surface area contributed by atoms with E-state index in [9.17, 15) is 4.79 Å². The molecule has 28 heavy (non-hydrogen) atoms. The van der Waals surface area contributed by atoms with E-state index in [4.69, 9.17) is 0 Å². The quantitative estimate of drug-likeness (QED) is 0.516. The maximum atomic E-state index is 12.4. The van der Waals surface area contributed by atoms with Crippen LogP contribution in [0.2, 0.25) is 0 Å². The number of anilines is 1. The van der Waals surface area contributed by atoms with Crippen molar-refractivity contribution in [2.45, 2.75) is 6.54 Å². The van der Waals surface area contributed by atoms with Crippen LogP contribution in [-0.2, 0) is 6.54 Å². The normalized spacial score (nSPS) is 10.6. The number of nitrogens with zero attached hydrogens (tertiary/aromatic N) is 5. The first-order valence-electron chi connectivity index (χ1n) is 8.50. The van der Waals surface area contributed by atoms with Gasteiger partial charge in [0, 0.05) is 22.4 Å². The molecule has 0 saturated carbocycles. The summed E-state index contributed by atoms with van der Waals surface area (Å²) < 4.78 is 2.66. The zero-order chi connectivity index (χ0) is 19.3. The van der Waals surface area contributed by atoms with Gasteiger partial charge in [0.15, 0.2) is 5.82 Å². The molecule has 4 rings (SSSR count). The molecule has 7 nitrogen and oxygen atoms in total. The molecule has 8 heteroatoms. The van der Waals surface area contributed by atoms with E-state index in [0.717, 1.165) is 15.6 Å². The fraction of sp³-hybridized carbons (Fsp3) is 0.0500. The standard InChI is InChI=1S/C20H15BrN6O/c21-17-8-4-5-14(9-17)12-27-13-24-20(26-27)25-19(28)16-10-22-18(23-11-16)15-6-2-1-3-7-15/h1-11,13H,12H2,(H,25,26,28). The number of nitrogens with one attached hydrogen (secondary N) is 1. The number of hydrogen-bond acceptors (Lipinski definition) is 5. The van der Waals surface area contributed by atoms with Crippen LogP contribution in [-0.4, -0.2) is 30.6 Å². The van der Waals surface area contributed by atoms with Crippen LogP contribution < -0.4 is 5.32 Å². The molecule has 1 N–H and O–H groups in total. The van der Waals surface area contributed by atoms with E-state index in [1.54, 1.807) is 11.0 Å². The molecule has 0 unspecified atom stereocenters. The molecule has 0 spiro atoms. The van der Waals surface area contributed by atoms with Crippen molar-refractivity contribution >= 4 is 27.8 Å². The van der Waals surface area contributed by atoms with Crippen molar-refractivity contribution in [3.63, 3.8) is 0 Å². The van der Waals surface area contributed by atoms with E-state index in [1.165, 1.54) is 12.4 Å². The molecule has 2 heterocycles. The topological polar surface area (TPSA) is 85.6 Å². The zero-order valence-corrected chi connectivity index (χ0v) is 16.2. The van der Waals surface area contributed by atoms with E-state index in [0.29, 0.717) is 17.9 Å². The first-order valence-corrected chi connectivity index (χ1v) is 9.29. The van der Waals surface area contributed by atoms with E-state index in [1.807, 2.05) is 54.6 Å². The lowest BCUT2D eigenvalue weighted by Crippen LogP contribution is -2.14. The van der Waals surface area contributed by atoms with Gasteiger partial charge in [-0.25, -0.2) is 19.6 Å². The summed E-state index contributed by atoms with van der Waals surface area (Å²) in [5, 5.41) is 6.95. The van der Waals surface area contributed by atoms with Gasteiger partial charge in [0.05, 0.1) is 12.1 Å². The highest BCUT2D eigenvalue weighted by molar-refractivity contribution is 9.10. The summed E-state index contributed by atoms with van der Waals surface area (Å²) >= 11 is 3.45. The second kappa shape index (κ2) is 8.10. The first-order chi connectivity index (χ1) is 13.7. The van der Waals surface area contributed by atoms with Gasteiger partial charge >= 0.3 is 0 Å². The van der Waals surface area contributed by atoms with Gasteiger partial charge in [-0.3, -0.25) is 10.1 Å². The molecule has 138 valence electrons. The highest BCUT2D eigenvalue weighted by Gasteiger charge is 2.11. The predicted molar refractivity (Wildman–Crippen MR) is 109 cm³/mol. The number of carbonyl (C=O) groups excluding carboxylic acids is 1. The average molecular weight is 435 g/mol. The van der Waals surface area contributed by atoms with Crippen molar-refractivity contribution in [1.82, 2.24) is 24.7 Å². The van der Waals surface area contributed by atoms with Crippen LogP contribution in [0, 0.1) is 0 Å². The van der Waals surface area contributed by atoms with Crippen molar-refractivity contribution < 1.29 is 4.79 Å². The first kappa shape index (κ1) is 18.0. The number of carbonyl (C=O) groups is 1. The summed E-state index contributed by atoms with van der Waals surface area (Å²) in [7, 11) is 0. The Morgan fingerprint density at radius 2 is 1.79 bits per heavy atom. The van der Waals surface area contributed by atoms with Gasteiger partial charge in [-0.05, 0) is 17.7 Å². The summed E-state index contributed by atoms with van der Waals surface area (Å²) in [5.74, 6) is 0.431. The van der Waals surface area contributed by atoms with Gasteiger partial charge < -0.3 is 0 Å². The predicted octanol–water partition coefficient (Wildman–Crippen LogP) is 3.80. The van der Waals surface area contributed by atoms with Gasteiger partial charge in [0.25, 0.3) is 5.91 Å². The fourth-order valence-electron chi connectivity index (χ4n) is 2.61. The molecular weight excluding hydrogens is 420 g/mol. The molecule has 0 atom stereocenters. The Balaban J connectivity index is 1.42. The summed E-state index contributed by atoms with van der Waals surface area (Å²) in [6, 6.07) is 17.5. The minimum atomic E-state index is -0.361.